The van der Waals surface area contributed by atoms with Crippen LogP contribution in [0.25, 0.3) is 0 Å². The quantitative estimate of drug-likeness (QED) is 0.453. The highest BCUT2D eigenvalue weighted by atomic mass is 35.5. The summed E-state index contributed by atoms with van der Waals surface area (Å²) in [6, 6.07) is 0. The summed E-state index contributed by atoms with van der Waals surface area (Å²) >= 11 is 4.27. The van der Waals surface area contributed by atoms with E-state index in [0.29, 0.717) is 0 Å². The van der Waals surface area contributed by atoms with E-state index in [2.05, 4.69) is 17.5 Å². The van der Waals surface area contributed by atoms with Gasteiger partial charge in [0, 0.05) is 11.8 Å². The number of rotatable bonds is 2. The number of halogens is 8. The summed E-state index contributed by atoms with van der Waals surface area (Å²) in [7, 11) is 0. The molecule has 0 saturated heterocycles. The lowest BCUT2D eigenvalue weighted by molar-refractivity contribution is -0.336. The van der Waals surface area contributed by atoms with Gasteiger partial charge in [0.25, 0.3) is 0 Å². The number of hydrogen-bond donors (Lipinski definition) is 1. The molecule has 0 aliphatic carbocycles. The van der Waals surface area contributed by atoms with Crippen LogP contribution < -0.4 is 5.73 Å². The van der Waals surface area contributed by atoms with Crippen LogP contribution in [0, 0.1) is 0 Å². The summed E-state index contributed by atoms with van der Waals surface area (Å²) in [6.07, 6.45) is -6.44. The topological polar surface area (TPSA) is 38.4 Å². The number of amidine groups is 1. The van der Waals surface area contributed by atoms with Crippen LogP contribution in [-0.2, 0) is 0 Å². The summed E-state index contributed by atoms with van der Waals surface area (Å²) in [5.74, 6) is -14.3. The molecule has 0 heterocycles. The van der Waals surface area contributed by atoms with Crippen LogP contribution in [-0.4, -0.2) is 23.9 Å². The van der Waals surface area contributed by atoms with Crippen LogP contribution in [0.3, 0.4) is 0 Å². The van der Waals surface area contributed by atoms with Gasteiger partial charge in [0.2, 0.25) is 0 Å². The van der Waals surface area contributed by atoms with E-state index in [9.17, 15) is 30.7 Å². The van der Waals surface area contributed by atoms with Crippen molar-refractivity contribution in [1.29, 1.82) is 0 Å². The molecule has 0 aromatic carbocycles. The van der Waals surface area contributed by atoms with Crippen LogP contribution in [0.1, 0.15) is 0 Å². The number of alkyl halides is 7. The molecular formula is C4H2ClF7N2. The lowest BCUT2D eigenvalue weighted by atomic mass is 10.1. The first kappa shape index (κ1) is 13.3. The summed E-state index contributed by atoms with van der Waals surface area (Å²) in [5, 5.41) is 0. The molecule has 2 N–H and O–H groups in total. The third kappa shape index (κ3) is 1.86. The van der Waals surface area contributed by atoms with E-state index in [1.165, 1.54) is 0 Å². The van der Waals surface area contributed by atoms with Gasteiger partial charge in [0.15, 0.2) is 5.84 Å². The number of nitrogens with zero attached hydrogens (tertiary/aromatic N) is 1. The predicted octanol–water partition coefficient (Wildman–Crippen LogP) is 2.33. The molecule has 0 fully saturated rings. The van der Waals surface area contributed by atoms with Crippen molar-refractivity contribution >= 4 is 17.6 Å². The summed E-state index contributed by atoms with van der Waals surface area (Å²) in [5.41, 5.74) is 4.12. The van der Waals surface area contributed by atoms with Crippen molar-refractivity contribution in [2.24, 2.45) is 10.2 Å². The van der Waals surface area contributed by atoms with Crippen LogP contribution in [0.15, 0.2) is 4.51 Å². The molecule has 0 spiro atoms. The van der Waals surface area contributed by atoms with Gasteiger partial charge in [0.1, 0.15) is 0 Å². The average molecular weight is 247 g/mol. The lowest BCUT2D eigenvalue weighted by Crippen LogP contribution is -2.58. The van der Waals surface area contributed by atoms with Crippen molar-refractivity contribution in [2.75, 3.05) is 0 Å². The first-order chi connectivity index (χ1) is 5.98. The lowest BCUT2D eigenvalue weighted by Gasteiger charge is -2.26. The fourth-order valence-corrected chi connectivity index (χ4v) is 0.498. The first-order valence-electron chi connectivity index (χ1n) is 2.75. The maximum absolute atomic E-state index is 12.3. The molecule has 0 unspecified atom stereocenters. The fraction of sp³-hybridized carbons (Fsp3) is 0.750. The first-order valence-corrected chi connectivity index (χ1v) is 3.09. The molecule has 0 bridgehead atoms. The van der Waals surface area contributed by atoms with Gasteiger partial charge in [-0.05, 0) is 0 Å². The zero-order chi connectivity index (χ0) is 11.8. The highest BCUT2D eigenvalue weighted by Gasteiger charge is 2.74. The van der Waals surface area contributed by atoms with E-state index in [1.54, 1.807) is 0 Å². The Kier molecular flexibility index (Phi) is 3.27. The summed E-state index contributed by atoms with van der Waals surface area (Å²) in [6.45, 7) is 0. The van der Waals surface area contributed by atoms with Crippen LogP contribution in [0.5, 0.6) is 0 Å². The second-order valence-electron chi connectivity index (χ2n) is 2.12. The average Bonchev–Trinajstić information content (AvgIpc) is 2.00. The molecule has 2 nitrogen and oxygen atoms in total. The maximum atomic E-state index is 12.3. The Morgan fingerprint density at radius 2 is 1.36 bits per heavy atom. The van der Waals surface area contributed by atoms with E-state index in [4.69, 9.17) is 0 Å². The third-order valence-electron chi connectivity index (χ3n) is 1.16. The number of nitrogens with two attached hydrogens (primary N) is 1. The Morgan fingerprint density at radius 3 is 1.57 bits per heavy atom. The summed E-state index contributed by atoms with van der Waals surface area (Å²) < 4.78 is 84.9. The van der Waals surface area contributed by atoms with Gasteiger partial charge in [-0.25, -0.2) is 0 Å². The van der Waals surface area contributed by atoms with E-state index in [1.807, 2.05) is 4.51 Å². The normalized spacial score (nSPS) is 15.9. The van der Waals surface area contributed by atoms with Gasteiger partial charge in [-0.3, -0.25) is 0 Å². The second kappa shape index (κ2) is 3.44. The van der Waals surface area contributed by atoms with Crippen molar-refractivity contribution in [3.05, 3.63) is 0 Å². The van der Waals surface area contributed by atoms with E-state index < -0.39 is 23.9 Å². The Morgan fingerprint density at radius 1 is 1.00 bits per heavy atom. The molecular weight excluding hydrogens is 244 g/mol. The maximum Gasteiger partial charge on any atom is 0.460 e. The van der Waals surface area contributed by atoms with Crippen molar-refractivity contribution in [1.82, 2.24) is 0 Å². The summed E-state index contributed by atoms with van der Waals surface area (Å²) in [4.78, 5) is 0. The van der Waals surface area contributed by atoms with Crippen molar-refractivity contribution in [3.63, 3.8) is 0 Å². The Bertz CT molecular complexity index is 245. The SMILES string of the molecule is N/C(=N\Cl)C(F)(F)C(F)(F)C(F)(F)F. The molecule has 0 rings (SSSR count). The molecule has 14 heavy (non-hydrogen) atoms. The molecule has 0 aromatic heterocycles. The monoisotopic (exact) mass is 246 g/mol. The molecule has 84 valence electrons. The van der Waals surface area contributed by atoms with Crippen molar-refractivity contribution < 1.29 is 30.7 Å². The van der Waals surface area contributed by atoms with E-state index >= 15 is 0 Å². The second-order valence-corrected chi connectivity index (χ2v) is 2.29. The zero-order valence-corrected chi connectivity index (χ0v) is 6.80. The Hall–Kier alpha value is -0.730. The third-order valence-corrected chi connectivity index (χ3v) is 1.35. The standard InChI is InChI=1S/C4H2ClF7N2/c5-14-1(13)2(6,7)3(8,9)4(10,11)12/h(H2,13,14). The highest BCUT2D eigenvalue weighted by Crippen LogP contribution is 2.46. The van der Waals surface area contributed by atoms with Crippen molar-refractivity contribution in [3.8, 4) is 0 Å². The number of hydrogen-bond acceptors (Lipinski definition) is 1. The molecule has 0 radical (unpaired) electrons. The minimum atomic E-state index is -6.44. The van der Waals surface area contributed by atoms with Gasteiger partial charge in [-0.1, -0.05) is 0 Å². The van der Waals surface area contributed by atoms with Crippen LogP contribution in [0.4, 0.5) is 30.7 Å². The molecule has 0 aromatic rings. The van der Waals surface area contributed by atoms with Crippen molar-refractivity contribution in [2.45, 2.75) is 18.0 Å². The van der Waals surface area contributed by atoms with Gasteiger partial charge >= 0.3 is 18.0 Å². The largest absolute Gasteiger partial charge is 0.460 e. The van der Waals surface area contributed by atoms with Gasteiger partial charge in [0.05, 0.1) is 0 Å². The van der Waals surface area contributed by atoms with Crippen LogP contribution in [0.2, 0.25) is 0 Å². The van der Waals surface area contributed by atoms with Gasteiger partial charge in [-0.15, -0.1) is 0 Å². The highest BCUT2D eigenvalue weighted by molar-refractivity contribution is 6.20. The van der Waals surface area contributed by atoms with Crippen LogP contribution >= 0.6 is 11.8 Å². The molecule has 0 aliphatic heterocycles. The van der Waals surface area contributed by atoms with Gasteiger partial charge < -0.3 is 5.73 Å². The minimum absolute atomic E-state index is 1.88. The Labute approximate surface area is 77.6 Å². The molecule has 0 atom stereocenters. The molecule has 0 saturated carbocycles. The minimum Gasteiger partial charge on any atom is -0.381 e. The molecule has 0 amide bonds. The smallest absolute Gasteiger partial charge is 0.381 e. The fourth-order valence-electron chi connectivity index (χ4n) is 0.392. The predicted molar refractivity (Wildman–Crippen MR) is 33.4 cm³/mol. The van der Waals surface area contributed by atoms with E-state index in [0.717, 1.165) is 0 Å². The molecule has 10 heteroatoms. The zero-order valence-electron chi connectivity index (χ0n) is 6.05. The Balaban J connectivity index is 5.29. The van der Waals surface area contributed by atoms with Gasteiger partial charge in [-0.2, -0.15) is 35.2 Å². The van der Waals surface area contributed by atoms with E-state index in [-0.39, 0.29) is 0 Å². The molecule has 0 aliphatic rings.